The van der Waals surface area contributed by atoms with Crippen LogP contribution in [0, 0.1) is 17.2 Å². The van der Waals surface area contributed by atoms with Crippen molar-refractivity contribution in [3.05, 3.63) is 0 Å². The molecule has 15 heavy (non-hydrogen) atoms. The Morgan fingerprint density at radius 1 is 1.27 bits per heavy atom. The number of rotatable bonds is 4. The minimum atomic E-state index is 0.296. The SMILES string of the molecule is N#CCCN(C(=O)C1CC1)C1CCCC1. The number of hydrogen-bond acceptors (Lipinski definition) is 2. The van der Waals surface area contributed by atoms with E-state index in [4.69, 9.17) is 5.26 Å². The van der Waals surface area contributed by atoms with Gasteiger partial charge in [-0.1, -0.05) is 12.8 Å². The second-order valence-electron chi connectivity index (χ2n) is 4.65. The first kappa shape index (κ1) is 10.5. The summed E-state index contributed by atoms with van der Waals surface area (Å²) >= 11 is 0. The zero-order valence-electron chi connectivity index (χ0n) is 9.11. The molecule has 0 bridgehead atoms. The highest BCUT2D eigenvalue weighted by Gasteiger charge is 2.36. The fourth-order valence-electron chi connectivity index (χ4n) is 2.42. The van der Waals surface area contributed by atoms with Crippen molar-refractivity contribution in [3.8, 4) is 6.07 Å². The average molecular weight is 206 g/mol. The maximum absolute atomic E-state index is 12.0. The van der Waals surface area contributed by atoms with Crippen LogP contribution in [0.1, 0.15) is 44.9 Å². The lowest BCUT2D eigenvalue weighted by Gasteiger charge is -2.28. The Bertz CT molecular complexity index is 272. The molecular weight excluding hydrogens is 188 g/mol. The first-order valence-electron chi connectivity index (χ1n) is 6.00. The van der Waals surface area contributed by atoms with Gasteiger partial charge in [-0.05, 0) is 25.7 Å². The molecule has 0 radical (unpaired) electrons. The Kier molecular flexibility index (Phi) is 3.25. The first-order valence-corrected chi connectivity index (χ1v) is 6.00. The number of carbonyl (C=O) groups excluding carboxylic acids is 1. The van der Waals surface area contributed by atoms with Gasteiger partial charge in [0.25, 0.3) is 0 Å². The summed E-state index contributed by atoms with van der Waals surface area (Å²) in [5.74, 6) is 0.612. The normalized spacial score (nSPS) is 21.3. The average Bonchev–Trinajstić information content (AvgIpc) is 2.97. The van der Waals surface area contributed by atoms with Crippen molar-refractivity contribution in [1.82, 2.24) is 4.90 Å². The fourth-order valence-corrected chi connectivity index (χ4v) is 2.42. The van der Waals surface area contributed by atoms with Gasteiger partial charge in [-0.25, -0.2) is 0 Å². The molecule has 0 aromatic carbocycles. The first-order chi connectivity index (χ1) is 7.33. The highest BCUT2D eigenvalue weighted by Crippen LogP contribution is 2.34. The topological polar surface area (TPSA) is 44.1 Å². The third-order valence-electron chi connectivity index (χ3n) is 3.44. The van der Waals surface area contributed by atoms with Crippen LogP contribution < -0.4 is 0 Å². The number of carbonyl (C=O) groups is 1. The van der Waals surface area contributed by atoms with E-state index >= 15 is 0 Å². The predicted octanol–water partition coefficient (Wildman–Crippen LogP) is 2.08. The van der Waals surface area contributed by atoms with Gasteiger partial charge in [-0.2, -0.15) is 5.26 Å². The smallest absolute Gasteiger partial charge is 0.225 e. The van der Waals surface area contributed by atoms with Gasteiger partial charge in [0.1, 0.15) is 0 Å². The summed E-state index contributed by atoms with van der Waals surface area (Å²) in [5.41, 5.74) is 0. The third kappa shape index (κ3) is 2.50. The molecule has 2 rings (SSSR count). The molecular formula is C12H18N2O. The molecule has 3 heteroatoms. The van der Waals surface area contributed by atoms with Crippen molar-refractivity contribution in [2.24, 2.45) is 5.92 Å². The van der Waals surface area contributed by atoms with Crippen molar-refractivity contribution in [3.63, 3.8) is 0 Å². The maximum Gasteiger partial charge on any atom is 0.225 e. The van der Waals surface area contributed by atoms with Crippen molar-refractivity contribution in [2.75, 3.05) is 6.54 Å². The quantitative estimate of drug-likeness (QED) is 0.707. The van der Waals surface area contributed by atoms with Crippen LogP contribution in [-0.4, -0.2) is 23.4 Å². The van der Waals surface area contributed by atoms with Crippen LogP contribution in [0.4, 0.5) is 0 Å². The van der Waals surface area contributed by atoms with E-state index in [1.165, 1.54) is 12.8 Å². The molecule has 82 valence electrons. The van der Waals surface area contributed by atoms with Gasteiger partial charge in [0.15, 0.2) is 0 Å². The van der Waals surface area contributed by atoms with Crippen LogP contribution in [0.2, 0.25) is 0 Å². The van der Waals surface area contributed by atoms with E-state index in [2.05, 4.69) is 6.07 Å². The molecule has 0 aromatic rings. The monoisotopic (exact) mass is 206 g/mol. The Hall–Kier alpha value is -1.04. The minimum Gasteiger partial charge on any atom is -0.338 e. The molecule has 0 atom stereocenters. The van der Waals surface area contributed by atoms with Crippen molar-refractivity contribution < 1.29 is 4.79 Å². The molecule has 2 fully saturated rings. The van der Waals surface area contributed by atoms with Crippen LogP contribution in [0.3, 0.4) is 0 Å². The predicted molar refractivity (Wildman–Crippen MR) is 56.9 cm³/mol. The fraction of sp³-hybridized carbons (Fsp3) is 0.833. The Morgan fingerprint density at radius 2 is 1.93 bits per heavy atom. The van der Waals surface area contributed by atoms with Crippen LogP contribution in [0.25, 0.3) is 0 Å². The zero-order chi connectivity index (χ0) is 10.7. The molecule has 2 aliphatic rings. The van der Waals surface area contributed by atoms with E-state index in [0.717, 1.165) is 25.7 Å². The molecule has 0 N–H and O–H groups in total. The van der Waals surface area contributed by atoms with Crippen LogP contribution >= 0.6 is 0 Å². The summed E-state index contributed by atoms with van der Waals surface area (Å²) in [6.07, 6.45) is 7.38. The van der Waals surface area contributed by atoms with E-state index in [1.807, 2.05) is 4.90 Å². The largest absolute Gasteiger partial charge is 0.338 e. The van der Waals surface area contributed by atoms with Gasteiger partial charge in [-0.3, -0.25) is 4.79 Å². The summed E-state index contributed by atoms with van der Waals surface area (Å²) in [5, 5.41) is 8.61. The van der Waals surface area contributed by atoms with Crippen LogP contribution in [0.15, 0.2) is 0 Å². The van der Waals surface area contributed by atoms with Gasteiger partial charge in [-0.15, -0.1) is 0 Å². The number of nitriles is 1. The summed E-state index contributed by atoms with van der Waals surface area (Å²) in [6.45, 7) is 0.649. The lowest BCUT2D eigenvalue weighted by atomic mass is 10.1. The second-order valence-corrected chi connectivity index (χ2v) is 4.65. The summed E-state index contributed by atoms with van der Waals surface area (Å²) < 4.78 is 0. The molecule has 1 amide bonds. The molecule has 0 spiro atoms. The van der Waals surface area contributed by atoms with Gasteiger partial charge in [0, 0.05) is 18.5 Å². The molecule has 0 aromatic heterocycles. The molecule has 0 aliphatic heterocycles. The van der Waals surface area contributed by atoms with Crippen molar-refractivity contribution in [1.29, 1.82) is 5.26 Å². The molecule has 2 aliphatic carbocycles. The zero-order valence-corrected chi connectivity index (χ0v) is 9.11. The van der Waals surface area contributed by atoms with Crippen molar-refractivity contribution >= 4 is 5.91 Å². The van der Waals surface area contributed by atoms with Crippen LogP contribution in [-0.2, 0) is 4.79 Å². The second kappa shape index (κ2) is 4.65. The third-order valence-corrected chi connectivity index (χ3v) is 3.44. The summed E-state index contributed by atoms with van der Waals surface area (Å²) in [7, 11) is 0. The number of amides is 1. The highest BCUT2D eigenvalue weighted by atomic mass is 16.2. The van der Waals surface area contributed by atoms with Crippen LogP contribution in [0.5, 0.6) is 0 Å². The Labute approximate surface area is 91.1 Å². The standard InChI is InChI=1S/C12H18N2O/c13-8-3-9-14(11-4-1-2-5-11)12(15)10-6-7-10/h10-11H,1-7,9H2. The molecule has 2 saturated carbocycles. The Morgan fingerprint density at radius 3 is 2.47 bits per heavy atom. The molecule has 3 nitrogen and oxygen atoms in total. The number of hydrogen-bond donors (Lipinski definition) is 0. The number of nitrogens with zero attached hydrogens (tertiary/aromatic N) is 2. The van der Waals surface area contributed by atoms with Gasteiger partial charge >= 0.3 is 0 Å². The van der Waals surface area contributed by atoms with E-state index in [-0.39, 0.29) is 0 Å². The van der Waals surface area contributed by atoms with Crippen molar-refractivity contribution in [2.45, 2.75) is 51.0 Å². The summed E-state index contributed by atoms with van der Waals surface area (Å²) in [6, 6.07) is 2.58. The lowest BCUT2D eigenvalue weighted by Crippen LogP contribution is -2.40. The van der Waals surface area contributed by atoms with E-state index in [9.17, 15) is 4.79 Å². The maximum atomic E-state index is 12.0. The Balaban J connectivity index is 1.94. The minimum absolute atomic E-state index is 0.296. The van der Waals surface area contributed by atoms with E-state index in [1.54, 1.807) is 0 Å². The van der Waals surface area contributed by atoms with E-state index in [0.29, 0.717) is 30.8 Å². The van der Waals surface area contributed by atoms with Gasteiger partial charge < -0.3 is 4.90 Å². The molecule has 0 heterocycles. The summed E-state index contributed by atoms with van der Waals surface area (Å²) in [4.78, 5) is 14.0. The highest BCUT2D eigenvalue weighted by molar-refractivity contribution is 5.81. The van der Waals surface area contributed by atoms with Gasteiger partial charge in [0.2, 0.25) is 5.91 Å². The van der Waals surface area contributed by atoms with E-state index < -0.39 is 0 Å². The van der Waals surface area contributed by atoms with Gasteiger partial charge in [0.05, 0.1) is 12.5 Å². The lowest BCUT2D eigenvalue weighted by molar-refractivity contribution is -0.134. The molecule has 0 unspecified atom stereocenters. The molecule has 0 saturated heterocycles.